The number of benzene rings is 2. The molecule has 0 radical (unpaired) electrons. The topological polar surface area (TPSA) is 70.9 Å². The van der Waals surface area contributed by atoms with Crippen LogP contribution in [0.2, 0.25) is 0 Å². The van der Waals surface area contributed by atoms with Gasteiger partial charge in [0.1, 0.15) is 0 Å². The molecule has 0 saturated heterocycles. The lowest BCUT2D eigenvalue weighted by molar-refractivity contribution is -0.126. The number of carbonyl (C=O) groups excluding carboxylic acids is 1. The highest BCUT2D eigenvalue weighted by Crippen LogP contribution is 2.30. The molecular weight excluding hydrogens is 322 g/mol. The molecule has 4 heteroatoms. The largest absolute Gasteiger partial charge is 0.361 e. The van der Waals surface area contributed by atoms with Crippen LogP contribution in [0.3, 0.4) is 0 Å². The summed E-state index contributed by atoms with van der Waals surface area (Å²) in [7, 11) is 0. The van der Waals surface area contributed by atoms with Crippen molar-refractivity contribution in [2.45, 2.75) is 38.1 Å². The third-order valence-electron chi connectivity index (χ3n) is 4.95. The van der Waals surface area contributed by atoms with Crippen LogP contribution in [0, 0.1) is 0 Å². The standard InChI is InChI=1S/C22H27N3O/c1-3-13-22(2,23)21(26)25-14-18(16-9-5-4-6-10-16)19-15-24-20-12-8-7-11-17(19)20/h4-12,15,18,24H,3,13-14,23H2,1-2H3,(H,25,26). The first kappa shape index (κ1) is 18.2. The van der Waals surface area contributed by atoms with Crippen LogP contribution in [-0.2, 0) is 4.79 Å². The van der Waals surface area contributed by atoms with E-state index in [1.165, 1.54) is 16.5 Å². The van der Waals surface area contributed by atoms with Gasteiger partial charge < -0.3 is 16.0 Å². The molecule has 1 amide bonds. The minimum absolute atomic E-state index is 0.0636. The maximum atomic E-state index is 12.6. The molecule has 2 atom stereocenters. The van der Waals surface area contributed by atoms with Crippen molar-refractivity contribution < 1.29 is 4.79 Å². The summed E-state index contributed by atoms with van der Waals surface area (Å²) >= 11 is 0. The fourth-order valence-electron chi connectivity index (χ4n) is 3.50. The zero-order valence-electron chi connectivity index (χ0n) is 15.5. The summed E-state index contributed by atoms with van der Waals surface area (Å²) < 4.78 is 0. The highest BCUT2D eigenvalue weighted by Gasteiger charge is 2.28. The number of H-pyrrole nitrogens is 1. The molecule has 0 spiro atoms. The highest BCUT2D eigenvalue weighted by atomic mass is 16.2. The van der Waals surface area contributed by atoms with Gasteiger partial charge in [0.2, 0.25) is 5.91 Å². The first-order valence-corrected chi connectivity index (χ1v) is 9.21. The number of carbonyl (C=O) groups is 1. The Kier molecular flexibility index (Phi) is 5.43. The van der Waals surface area contributed by atoms with Gasteiger partial charge in [-0.15, -0.1) is 0 Å². The van der Waals surface area contributed by atoms with Gasteiger partial charge in [-0.05, 0) is 30.5 Å². The van der Waals surface area contributed by atoms with E-state index < -0.39 is 5.54 Å². The highest BCUT2D eigenvalue weighted by molar-refractivity contribution is 5.86. The summed E-state index contributed by atoms with van der Waals surface area (Å²) in [6.45, 7) is 4.35. The van der Waals surface area contributed by atoms with Gasteiger partial charge in [-0.1, -0.05) is 61.9 Å². The van der Waals surface area contributed by atoms with Gasteiger partial charge in [0.25, 0.3) is 0 Å². The Hall–Kier alpha value is -2.59. The Balaban J connectivity index is 1.89. The van der Waals surface area contributed by atoms with E-state index in [2.05, 4.69) is 34.6 Å². The van der Waals surface area contributed by atoms with Gasteiger partial charge in [0.15, 0.2) is 0 Å². The fraction of sp³-hybridized carbons (Fsp3) is 0.318. The minimum Gasteiger partial charge on any atom is -0.361 e. The van der Waals surface area contributed by atoms with E-state index in [0.717, 1.165) is 11.9 Å². The van der Waals surface area contributed by atoms with Crippen LogP contribution < -0.4 is 11.1 Å². The van der Waals surface area contributed by atoms with Crippen molar-refractivity contribution in [3.8, 4) is 0 Å². The van der Waals surface area contributed by atoms with Crippen LogP contribution in [0.1, 0.15) is 43.7 Å². The molecule has 0 saturated carbocycles. The van der Waals surface area contributed by atoms with Crippen LogP contribution in [-0.4, -0.2) is 23.0 Å². The van der Waals surface area contributed by atoms with E-state index in [-0.39, 0.29) is 11.8 Å². The van der Waals surface area contributed by atoms with E-state index in [4.69, 9.17) is 5.73 Å². The van der Waals surface area contributed by atoms with Crippen LogP contribution in [0.5, 0.6) is 0 Å². The third kappa shape index (κ3) is 3.81. The maximum Gasteiger partial charge on any atom is 0.239 e. The summed E-state index contributed by atoms with van der Waals surface area (Å²) in [5.41, 5.74) is 8.81. The maximum absolute atomic E-state index is 12.6. The zero-order chi connectivity index (χ0) is 18.6. The van der Waals surface area contributed by atoms with Crippen molar-refractivity contribution in [3.63, 3.8) is 0 Å². The molecule has 4 N–H and O–H groups in total. The van der Waals surface area contributed by atoms with Crippen molar-refractivity contribution in [2.75, 3.05) is 6.54 Å². The Labute approximate surface area is 154 Å². The summed E-state index contributed by atoms with van der Waals surface area (Å²) in [6, 6.07) is 18.5. The SMILES string of the molecule is CCCC(C)(N)C(=O)NCC(c1ccccc1)c1c[nH]c2ccccc12. The molecule has 0 fully saturated rings. The number of hydrogen-bond acceptors (Lipinski definition) is 2. The molecule has 0 aliphatic heterocycles. The molecule has 1 aromatic heterocycles. The molecule has 136 valence electrons. The van der Waals surface area contributed by atoms with E-state index in [0.29, 0.717) is 13.0 Å². The normalized spacial score (nSPS) is 14.7. The number of aromatic amines is 1. The predicted octanol–water partition coefficient (Wildman–Crippen LogP) is 3.93. The third-order valence-corrected chi connectivity index (χ3v) is 4.95. The molecule has 4 nitrogen and oxygen atoms in total. The Morgan fingerprint density at radius 1 is 1.15 bits per heavy atom. The van der Waals surface area contributed by atoms with Crippen molar-refractivity contribution in [1.82, 2.24) is 10.3 Å². The molecule has 0 aliphatic rings. The molecule has 2 aromatic carbocycles. The first-order valence-electron chi connectivity index (χ1n) is 9.21. The fourth-order valence-corrected chi connectivity index (χ4v) is 3.50. The second kappa shape index (κ2) is 7.75. The van der Waals surface area contributed by atoms with Gasteiger partial charge in [-0.3, -0.25) is 4.79 Å². The van der Waals surface area contributed by atoms with Gasteiger partial charge in [-0.25, -0.2) is 0 Å². The molecule has 2 unspecified atom stereocenters. The van der Waals surface area contributed by atoms with Gasteiger partial charge in [-0.2, -0.15) is 0 Å². The molecular formula is C22H27N3O. The van der Waals surface area contributed by atoms with Gasteiger partial charge in [0.05, 0.1) is 5.54 Å². The number of nitrogens with two attached hydrogens (primary N) is 1. The number of amides is 1. The number of aromatic nitrogens is 1. The minimum atomic E-state index is -0.837. The number of fused-ring (bicyclic) bond motifs is 1. The molecule has 3 rings (SSSR count). The van der Waals surface area contributed by atoms with Crippen molar-refractivity contribution in [2.24, 2.45) is 5.73 Å². The van der Waals surface area contributed by atoms with Crippen LogP contribution >= 0.6 is 0 Å². The van der Waals surface area contributed by atoms with Crippen molar-refractivity contribution >= 4 is 16.8 Å². The van der Waals surface area contributed by atoms with E-state index in [1.54, 1.807) is 6.92 Å². The number of para-hydroxylation sites is 1. The lowest BCUT2D eigenvalue weighted by Gasteiger charge is -2.25. The molecule has 3 aromatic rings. The van der Waals surface area contributed by atoms with Crippen molar-refractivity contribution in [1.29, 1.82) is 0 Å². The summed E-state index contributed by atoms with van der Waals surface area (Å²) in [4.78, 5) is 15.9. The Morgan fingerprint density at radius 2 is 1.85 bits per heavy atom. The summed E-state index contributed by atoms with van der Waals surface area (Å²) in [5, 5.41) is 4.26. The summed E-state index contributed by atoms with van der Waals surface area (Å²) in [5.74, 6) is -0.0335. The quantitative estimate of drug-likeness (QED) is 0.605. The monoisotopic (exact) mass is 349 g/mol. The van der Waals surface area contributed by atoms with Gasteiger partial charge in [0, 0.05) is 29.6 Å². The average molecular weight is 349 g/mol. The average Bonchev–Trinajstić information content (AvgIpc) is 3.07. The first-order chi connectivity index (χ1) is 12.5. The lowest BCUT2D eigenvalue weighted by Crippen LogP contribution is -2.52. The zero-order valence-corrected chi connectivity index (χ0v) is 15.5. The number of nitrogens with one attached hydrogen (secondary N) is 2. The van der Waals surface area contributed by atoms with E-state index in [1.807, 2.05) is 43.5 Å². The second-order valence-electron chi connectivity index (χ2n) is 7.13. The Morgan fingerprint density at radius 3 is 2.58 bits per heavy atom. The predicted molar refractivity (Wildman–Crippen MR) is 107 cm³/mol. The van der Waals surface area contributed by atoms with Crippen LogP contribution in [0.15, 0.2) is 60.8 Å². The molecule has 0 bridgehead atoms. The smallest absolute Gasteiger partial charge is 0.239 e. The lowest BCUT2D eigenvalue weighted by atomic mass is 9.90. The van der Waals surface area contributed by atoms with Crippen LogP contribution in [0.25, 0.3) is 10.9 Å². The molecule has 0 aliphatic carbocycles. The molecule has 26 heavy (non-hydrogen) atoms. The number of rotatable bonds is 7. The summed E-state index contributed by atoms with van der Waals surface area (Å²) in [6.07, 6.45) is 3.59. The van der Waals surface area contributed by atoms with Crippen LogP contribution in [0.4, 0.5) is 0 Å². The Bertz CT molecular complexity index is 867. The number of hydrogen-bond donors (Lipinski definition) is 3. The van der Waals surface area contributed by atoms with E-state index in [9.17, 15) is 4.79 Å². The second-order valence-corrected chi connectivity index (χ2v) is 7.13. The van der Waals surface area contributed by atoms with Gasteiger partial charge >= 0.3 is 0 Å². The van der Waals surface area contributed by atoms with E-state index >= 15 is 0 Å². The molecule has 1 heterocycles. The van der Waals surface area contributed by atoms with Crippen molar-refractivity contribution in [3.05, 3.63) is 71.9 Å².